The molecule has 0 aliphatic rings. The van der Waals surface area contributed by atoms with E-state index in [1.807, 2.05) is 43.3 Å². The van der Waals surface area contributed by atoms with Crippen molar-refractivity contribution in [1.29, 1.82) is 0 Å². The molecule has 0 saturated heterocycles. The van der Waals surface area contributed by atoms with E-state index in [-0.39, 0.29) is 18.0 Å². The number of sulfonamides is 1. The summed E-state index contributed by atoms with van der Waals surface area (Å²) >= 11 is 0. The van der Waals surface area contributed by atoms with E-state index in [2.05, 4.69) is 5.32 Å². The van der Waals surface area contributed by atoms with E-state index in [1.165, 1.54) is 16.4 Å². The fourth-order valence-electron chi connectivity index (χ4n) is 2.92. The van der Waals surface area contributed by atoms with E-state index in [0.717, 1.165) is 5.56 Å². The number of ether oxygens (including phenoxy) is 1. The summed E-state index contributed by atoms with van der Waals surface area (Å²) in [7, 11) is -3.90. The van der Waals surface area contributed by atoms with Crippen molar-refractivity contribution in [1.82, 2.24) is 4.31 Å². The number of rotatable bonds is 9. The number of nitrogens with one attached hydrogen (secondary N) is 1. The second-order valence-corrected chi connectivity index (χ2v) is 8.52. The summed E-state index contributed by atoms with van der Waals surface area (Å²) in [5.41, 5.74) is 1.40. The zero-order valence-electron chi connectivity index (χ0n) is 16.7. The SMILES string of the molecule is CCOc1ccc(S(=O)(=O)N(CC(=O)Nc2ccccc2)Cc2ccccc2)cc1. The summed E-state index contributed by atoms with van der Waals surface area (Å²) in [4.78, 5) is 12.7. The average Bonchev–Trinajstić information content (AvgIpc) is 2.75. The molecule has 7 heteroatoms. The Bertz CT molecular complexity index is 1050. The quantitative estimate of drug-likeness (QED) is 0.565. The highest BCUT2D eigenvalue weighted by Gasteiger charge is 2.27. The zero-order chi connectivity index (χ0) is 21.4. The van der Waals surface area contributed by atoms with Gasteiger partial charge in [-0.1, -0.05) is 48.5 Å². The molecular formula is C23H24N2O4S. The van der Waals surface area contributed by atoms with Crippen LogP contribution in [0.1, 0.15) is 12.5 Å². The van der Waals surface area contributed by atoms with E-state index in [1.54, 1.807) is 36.4 Å². The first kappa shape index (κ1) is 21.5. The number of anilines is 1. The number of hydrogen-bond donors (Lipinski definition) is 1. The Hall–Kier alpha value is -3.16. The van der Waals surface area contributed by atoms with Gasteiger partial charge in [-0.15, -0.1) is 0 Å². The number of benzene rings is 3. The van der Waals surface area contributed by atoms with Gasteiger partial charge < -0.3 is 10.1 Å². The summed E-state index contributed by atoms with van der Waals surface area (Å²) < 4.78 is 33.2. The van der Waals surface area contributed by atoms with Gasteiger partial charge in [-0.2, -0.15) is 4.31 Å². The minimum atomic E-state index is -3.90. The average molecular weight is 425 g/mol. The molecule has 0 aliphatic heterocycles. The lowest BCUT2D eigenvalue weighted by Crippen LogP contribution is -2.37. The molecule has 0 aliphatic carbocycles. The van der Waals surface area contributed by atoms with E-state index in [4.69, 9.17) is 4.74 Å². The van der Waals surface area contributed by atoms with Gasteiger partial charge >= 0.3 is 0 Å². The van der Waals surface area contributed by atoms with Gasteiger partial charge in [0.15, 0.2) is 0 Å². The first-order valence-electron chi connectivity index (χ1n) is 9.61. The highest BCUT2D eigenvalue weighted by Crippen LogP contribution is 2.21. The van der Waals surface area contributed by atoms with Crippen LogP contribution in [0.5, 0.6) is 5.75 Å². The molecule has 0 aromatic heterocycles. The van der Waals surface area contributed by atoms with Crippen molar-refractivity contribution < 1.29 is 17.9 Å². The van der Waals surface area contributed by atoms with Gasteiger partial charge in [0.2, 0.25) is 15.9 Å². The van der Waals surface area contributed by atoms with E-state index >= 15 is 0 Å². The molecule has 30 heavy (non-hydrogen) atoms. The molecule has 0 radical (unpaired) electrons. The van der Waals surface area contributed by atoms with Crippen molar-refractivity contribution >= 4 is 21.6 Å². The number of nitrogens with zero attached hydrogens (tertiary/aromatic N) is 1. The maximum Gasteiger partial charge on any atom is 0.243 e. The lowest BCUT2D eigenvalue weighted by atomic mass is 10.2. The Morgan fingerprint density at radius 3 is 2.10 bits per heavy atom. The fraction of sp³-hybridized carbons (Fsp3) is 0.174. The summed E-state index contributed by atoms with van der Waals surface area (Å²) in [5.74, 6) is 0.180. The lowest BCUT2D eigenvalue weighted by molar-refractivity contribution is -0.116. The minimum absolute atomic E-state index is 0.0819. The van der Waals surface area contributed by atoms with Crippen molar-refractivity contribution in [3.63, 3.8) is 0 Å². The maximum absolute atomic E-state index is 13.3. The summed E-state index contributed by atoms with van der Waals surface area (Å²) in [6.07, 6.45) is 0. The molecule has 156 valence electrons. The van der Waals surface area contributed by atoms with Gasteiger partial charge in [0.05, 0.1) is 18.0 Å². The number of amides is 1. The summed E-state index contributed by atoms with van der Waals surface area (Å²) in [6, 6.07) is 24.3. The lowest BCUT2D eigenvalue weighted by Gasteiger charge is -2.22. The molecule has 0 saturated carbocycles. The van der Waals surface area contributed by atoms with Gasteiger partial charge in [0.1, 0.15) is 5.75 Å². The normalized spacial score (nSPS) is 11.3. The van der Waals surface area contributed by atoms with E-state index < -0.39 is 15.9 Å². The standard InChI is InChI=1S/C23H24N2O4S/c1-2-29-21-13-15-22(16-14-21)30(27,28)25(17-19-9-5-3-6-10-19)18-23(26)24-20-11-7-4-8-12-20/h3-16H,2,17-18H2,1H3,(H,24,26). The monoisotopic (exact) mass is 424 g/mol. The van der Waals surface area contributed by atoms with Crippen molar-refractivity contribution in [3.8, 4) is 5.75 Å². The molecule has 0 unspecified atom stereocenters. The van der Waals surface area contributed by atoms with Crippen molar-refractivity contribution in [2.45, 2.75) is 18.4 Å². The number of carbonyl (C=O) groups is 1. The van der Waals surface area contributed by atoms with Gasteiger partial charge in [-0.05, 0) is 48.9 Å². The summed E-state index contributed by atoms with van der Waals surface area (Å²) in [6.45, 7) is 2.13. The molecule has 0 spiro atoms. The summed E-state index contributed by atoms with van der Waals surface area (Å²) in [5, 5.41) is 2.74. The predicted molar refractivity (Wildman–Crippen MR) is 117 cm³/mol. The Morgan fingerprint density at radius 1 is 0.900 bits per heavy atom. The van der Waals surface area contributed by atoms with Crippen LogP contribution in [0.3, 0.4) is 0 Å². The molecule has 3 aromatic rings. The van der Waals surface area contributed by atoms with Crippen molar-refractivity contribution in [3.05, 3.63) is 90.5 Å². The third-order valence-electron chi connectivity index (χ3n) is 4.35. The van der Waals surface area contributed by atoms with Crippen molar-refractivity contribution in [2.24, 2.45) is 0 Å². The maximum atomic E-state index is 13.3. The van der Waals surface area contributed by atoms with Crippen LogP contribution in [-0.4, -0.2) is 31.8 Å². The van der Waals surface area contributed by atoms with Crippen molar-refractivity contribution in [2.75, 3.05) is 18.5 Å². The number of para-hydroxylation sites is 1. The second-order valence-electron chi connectivity index (χ2n) is 6.58. The van der Waals surface area contributed by atoms with Gasteiger partial charge in [-0.3, -0.25) is 4.79 Å². The molecule has 1 amide bonds. The number of hydrogen-bond acceptors (Lipinski definition) is 4. The van der Waals surface area contributed by atoms with Gasteiger partial charge in [0, 0.05) is 12.2 Å². The first-order chi connectivity index (χ1) is 14.5. The molecule has 0 bridgehead atoms. The van der Waals surface area contributed by atoms with Crippen LogP contribution in [0.25, 0.3) is 0 Å². The largest absolute Gasteiger partial charge is 0.494 e. The zero-order valence-corrected chi connectivity index (χ0v) is 17.5. The fourth-order valence-corrected chi connectivity index (χ4v) is 4.30. The Morgan fingerprint density at radius 2 is 1.50 bits per heavy atom. The van der Waals surface area contributed by atoms with Crippen LogP contribution in [0.2, 0.25) is 0 Å². The van der Waals surface area contributed by atoms with E-state index in [0.29, 0.717) is 18.0 Å². The molecule has 1 N–H and O–H groups in total. The van der Waals surface area contributed by atoms with Gasteiger partial charge in [0.25, 0.3) is 0 Å². The third-order valence-corrected chi connectivity index (χ3v) is 6.16. The van der Waals surface area contributed by atoms with Crippen LogP contribution in [0.15, 0.2) is 89.8 Å². The molecular weight excluding hydrogens is 400 g/mol. The topological polar surface area (TPSA) is 75.7 Å². The molecule has 3 rings (SSSR count). The third kappa shape index (κ3) is 5.68. The Labute approximate surface area is 177 Å². The minimum Gasteiger partial charge on any atom is -0.494 e. The molecule has 6 nitrogen and oxygen atoms in total. The molecule has 3 aromatic carbocycles. The Balaban J connectivity index is 1.84. The van der Waals surface area contributed by atoms with Crippen LogP contribution in [0.4, 0.5) is 5.69 Å². The van der Waals surface area contributed by atoms with Gasteiger partial charge in [-0.25, -0.2) is 8.42 Å². The highest BCUT2D eigenvalue weighted by atomic mass is 32.2. The van der Waals surface area contributed by atoms with Crippen LogP contribution >= 0.6 is 0 Å². The number of carbonyl (C=O) groups excluding carboxylic acids is 1. The molecule has 0 heterocycles. The first-order valence-corrected chi connectivity index (χ1v) is 11.0. The van der Waals surface area contributed by atoms with Crippen LogP contribution in [0, 0.1) is 0 Å². The van der Waals surface area contributed by atoms with Crippen LogP contribution in [-0.2, 0) is 21.4 Å². The second kappa shape index (κ2) is 10.0. The smallest absolute Gasteiger partial charge is 0.243 e. The molecule has 0 fully saturated rings. The Kier molecular flexibility index (Phi) is 7.21. The highest BCUT2D eigenvalue weighted by molar-refractivity contribution is 7.89. The predicted octanol–water partition coefficient (Wildman–Crippen LogP) is 3.91. The molecule has 0 atom stereocenters. The van der Waals surface area contributed by atoms with Crippen LogP contribution < -0.4 is 10.1 Å². The van der Waals surface area contributed by atoms with E-state index in [9.17, 15) is 13.2 Å².